The largest absolute Gasteiger partial charge is 0.497 e. The van der Waals surface area contributed by atoms with Crippen molar-refractivity contribution in [2.45, 2.75) is 6.42 Å². The topological polar surface area (TPSA) is 86.5 Å². The predicted octanol–water partition coefficient (Wildman–Crippen LogP) is 4.09. The molecule has 0 saturated carbocycles. The Hall–Kier alpha value is -3.87. The van der Waals surface area contributed by atoms with E-state index >= 15 is 0 Å². The Labute approximate surface area is 167 Å². The normalized spacial score (nSPS) is 10.7. The molecule has 0 spiro atoms. The number of fused-ring (bicyclic) bond motifs is 1. The number of ether oxygens (including phenoxy) is 2. The van der Waals surface area contributed by atoms with Crippen LogP contribution in [0.2, 0.25) is 0 Å². The smallest absolute Gasteiger partial charge is 0.322 e. The zero-order valence-electron chi connectivity index (χ0n) is 16.0. The molecular weight excluding hydrogens is 370 g/mol. The Balaban J connectivity index is 1.51. The molecule has 0 fully saturated rings. The Bertz CT molecular complexity index is 1160. The second-order valence-electron chi connectivity index (χ2n) is 6.34. The fourth-order valence-electron chi connectivity index (χ4n) is 3.14. The van der Waals surface area contributed by atoms with Crippen LogP contribution in [-0.2, 0) is 11.2 Å². The molecule has 4 rings (SSSR count). The Morgan fingerprint density at radius 2 is 1.83 bits per heavy atom. The SMILES string of the molecule is COc1ccc(-c2nnc(NC(=O)Cc3cccc4ccccc34)o2)c(OC)c1. The first-order chi connectivity index (χ1) is 14.2. The van der Waals surface area contributed by atoms with Crippen molar-refractivity contribution in [2.24, 2.45) is 0 Å². The Morgan fingerprint density at radius 1 is 1.00 bits per heavy atom. The van der Waals surface area contributed by atoms with Gasteiger partial charge in [0.2, 0.25) is 5.91 Å². The third-order valence-corrected chi connectivity index (χ3v) is 4.54. The van der Waals surface area contributed by atoms with Crippen molar-refractivity contribution in [3.05, 3.63) is 66.2 Å². The van der Waals surface area contributed by atoms with Crippen LogP contribution in [0.25, 0.3) is 22.2 Å². The van der Waals surface area contributed by atoms with Gasteiger partial charge >= 0.3 is 6.01 Å². The maximum Gasteiger partial charge on any atom is 0.322 e. The molecule has 4 aromatic rings. The molecule has 0 unspecified atom stereocenters. The summed E-state index contributed by atoms with van der Waals surface area (Å²) in [6, 6.07) is 19.1. The molecule has 3 aromatic carbocycles. The Morgan fingerprint density at radius 3 is 2.66 bits per heavy atom. The van der Waals surface area contributed by atoms with Gasteiger partial charge in [0.25, 0.3) is 5.89 Å². The maximum absolute atomic E-state index is 12.5. The van der Waals surface area contributed by atoms with Crippen molar-refractivity contribution in [2.75, 3.05) is 19.5 Å². The monoisotopic (exact) mass is 389 g/mol. The fourth-order valence-corrected chi connectivity index (χ4v) is 3.14. The number of hydrogen-bond acceptors (Lipinski definition) is 6. The van der Waals surface area contributed by atoms with Crippen LogP contribution in [0, 0.1) is 0 Å². The summed E-state index contributed by atoms with van der Waals surface area (Å²) in [6.45, 7) is 0. The third kappa shape index (κ3) is 3.89. The predicted molar refractivity (Wildman–Crippen MR) is 109 cm³/mol. The molecule has 0 aliphatic carbocycles. The first-order valence-corrected chi connectivity index (χ1v) is 9.00. The van der Waals surface area contributed by atoms with Crippen LogP contribution >= 0.6 is 0 Å². The molecular formula is C22H19N3O4. The molecule has 1 amide bonds. The van der Waals surface area contributed by atoms with Gasteiger partial charge in [-0.05, 0) is 28.5 Å². The lowest BCUT2D eigenvalue weighted by Crippen LogP contribution is -2.14. The molecule has 0 radical (unpaired) electrons. The van der Waals surface area contributed by atoms with E-state index < -0.39 is 0 Å². The quantitative estimate of drug-likeness (QED) is 0.535. The number of methoxy groups -OCH3 is 2. The molecule has 0 aliphatic heterocycles. The summed E-state index contributed by atoms with van der Waals surface area (Å²) in [6.07, 6.45) is 0.199. The number of aromatic nitrogens is 2. The second-order valence-corrected chi connectivity index (χ2v) is 6.34. The van der Waals surface area contributed by atoms with Crippen LogP contribution in [0.15, 0.2) is 65.1 Å². The van der Waals surface area contributed by atoms with Gasteiger partial charge in [-0.15, -0.1) is 5.10 Å². The van der Waals surface area contributed by atoms with E-state index in [2.05, 4.69) is 15.5 Å². The number of anilines is 1. The van der Waals surface area contributed by atoms with Gasteiger partial charge in [-0.2, -0.15) is 0 Å². The summed E-state index contributed by atoms with van der Waals surface area (Å²) in [7, 11) is 3.12. The van der Waals surface area contributed by atoms with Gasteiger partial charge < -0.3 is 13.9 Å². The highest BCUT2D eigenvalue weighted by Crippen LogP contribution is 2.33. The first kappa shape index (κ1) is 18.5. The molecule has 0 atom stereocenters. The average molecular weight is 389 g/mol. The third-order valence-electron chi connectivity index (χ3n) is 4.54. The molecule has 146 valence electrons. The summed E-state index contributed by atoms with van der Waals surface area (Å²) < 4.78 is 16.2. The van der Waals surface area contributed by atoms with Gasteiger partial charge in [0, 0.05) is 6.07 Å². The fraction of sp³-hybridized carbons (Fsp3) is 0.136. The number of carbonyl (C=O) groups excluding carboxylic acids is 1. The van der Waals surface area contributed by atoms with Crippen molar-refractivity contribution in [3.8, 4) is 23.0 Å². The van der Waals surface area contributed by atoms with E-state index in [4.69, 9.17) is 13.9 Å². The summed E-state index contributed by atoms with van der Waals surface area (Å²) in [5, 5.41) is 12.7. The number of amides is 1. The van der Waals surface area contributed by atoms with Crippen LogP contribution in [0.4, 0.5) is 6.01 Å². The van der Waals surface area contributed by atoms with Crippen LogP contribution in [0.1, 0.15) is 5.56 Å². The molecule has 1 N–H and O–H groups in total. The van der Waals surface area contributed by atoms with Gasteiger partial charge in [0.1, 0.15) is 11.5 Å². The van der Waals surface area contributed by atoms with Gasteiger partial charge in [-0.25, -0.2) is 0 Å². The number of rotatable bonds is 6. The lowest BCUT2D eigenvalue weighted by molar-refractivity contribution is -0.115. The lowest BCUT2D eigenvalue weighted by Gasteiger charge is -2.07. The van der Waals surface area contributed by atoms with E-state index in [1.54, 1.807) is 32.4 Å². The van der Waals surface area contributed by atoms with Crippen molar-refractivity contribution in [1.82, 2.24) is 10.2 Å². The summed E-state index contributed by atoms with van der Waals surface area (Å²) in [5.74, 6) is 1.18. The van der Waals surface area contributed by atoms with E-state index in [0.29, 0.717) is 17.1 Å². The number of benzene rings is 3. The van der Waals surface area contributed by atoms with E-state index in [1.165, 1.54) is 0 Å². The zero-order chi connectivity index (χ0) is 20.2. The highest BCUT2D eigenvalue weighted by Gasteiger charge is 2.16. The lowest BCUT2D eigenvalue weighted by atomic mass is 10.0. The van der Waals surface area contributed by atoms with E-state index in [9.17, 15) is 4.79 Å². The van der Waals surface area contributed by atoms with Gasteiger partial charge in [0.05, 0.1) is 26.2 Å². The Kier molecular flexibility index (Phi) is 5.11. The molecule has 0 bridgehead atoms. The van der Waals surface area contributed by atoms with E-state index in [0.717, 1.165) is 16.3 Å². The van der Waals surface area contributed by atoms with E-state index in [1.807, 2.05) is 42.5 Å². The maximum atomic E-state index is 12.5. The van der Waals surface area contributed by atoms with Crippen molar-refractivity contribution < 1.29 is 18.7 Å². The van der Waals surface area contributed by atoms with Crippen LogP contribution in [0.5, 0.6) is 11.5 Å². The van der Waals surface area contributed by atoms with Crippen LogP contribution < -0.4 is 14.8 Å². The van der Waals surface area contributed by atoms with Gasteiger partial charge in [-0.1, -0.05) is 47.6 Å². The highest BCUT2D eigenvalue weighted by atomic mass is 16.5. The van der Waals surface area contributed by atoms with Crippen molar-refractivity contribution in [1.29, 1.82) is 0 Å². The highest BCUT2D eigenvalue weighted by molar-refractivity contribution is 5.95. The van der Waals surface area contributed by atoms with Crippen molar-refractivity contribution in [3.63, 3.8) is 0 Å². The number of nitrogens with zero attached hydrogens (tertiary/aromatic N) is 2. The van der Waals surface area contributed by atoms with Gasteiger partial charge in [0.15, 0.2) is 0 Å². The summed E-state index contributed by atoms with van der Waals surface area (Å²) in [4.78, 5) is 12.5. The molecule has 0 aliphatic rings. The van der Waals surface area contributed by atoms with Crippen molar-refractivity contribution >= 4 is 22.7 Å². The van der Waals surface area contributed by atoms with Gasteiger partial charge in [-0.3, -0.25) is 10.1 Å². The zero-order valence-corrected chi connectivity index (χ0v) is 16.0. The molecule has 0 saturated heterocycles. The molecule has 1 aromatic heterocycles. The molecule has 7 heteroatoms. The summed E-state index contributed by atoms with van der Waals surface area (Å²) >= 11 is 0. The second kappa shape index (κ2) is 8.02. The standard InChI is InChI=1S/C22H19N3O4/c1-27-16-10-11-18(19(13-16)28-2)21-24-25-22(29-21)23-20(26)12-15-8-5-7-14-6-3-4-9-17(14)15/h3-11,13H,12H2,1-2H3,(H,23,25,26). The number of nitrogens with one attached hydrogen (secondary N) is 1. The number of hydrogen-bond donors (Lipinski definition) is 1. The molecule has 7 nitrogen and oxygen atoms in total. The molecule has 1 heterocycles. The molecule has 29 heavy (non-hydrogen) atoms. The first-order valence-electron chi connectivity index (χ1n) is 9.00. The number of carbonyl (C=O) groups is 1. The minimum atomic E-state index is -0.238. The van der Waals surface area contributed by atoms with Crippen LogP contribution in [-0.4, -0.2) is 30.3 Å². The van der Waals surface area contributed by atoms with Crippen LogP contribution in [0.3, 0.4) is 0 Å². The average Bonchev–Trinajstić information content (AvgIpc) is 3.21. The minimum absolute atomic E-state index is 0.0307. The van der Waals surface area contributed by atoms with E-state index in [-0.39, 0.29) is 24.2 Å². The summed E-state index contributed by atoms with van der Waals surface area (Å²) in [5.41, 5.74) is 1.53. The minimum Gasteiger partial charge on any atom is -0.497 e.